The van der Waals surface area contributed by atoms with Gasteiger partial charge in [0.05, 0.1) is 30.1 Å². The van der Waals surface area contributed by atoms with E-state index in [1.54, 1.807) is 6.20 Å². The van der Waals surface area contributed by atoms with E-state index in [4.69, 9.17) is 0 Å². The van der Waals surface area contributed by atoms with Crippen LogP contribution in [-0.2, 0) is 6.54 Å². The van der Waals surface area contributed by atoms with Gasteiger partial charge in [-0.05, 0) is 37.4 Å². The lowest BCUT2D eigenvalue weighted by atomic mass is 10.1. The summed E-state index contributed by atoms with van der Waals surface area (Å²) in [5.41, 5.74) is 5.86. The first kappa shape index (κ1) is 19.4. The minimum absolute atomic E-state index is 0.859. The lowest BCUT2D eigenvalue weighted by Gasteiger charge is -2.17. The molecule has 31 heavy (non-hydrogen) atoms. The third-order valence-corrected chi connectivity index (χ3v) is 5.80. The zero-order valence-electron chi connectivity index (χ0n) is 17.8. The number of nitrogens with zero attached hydrogens (tertiary/aromatic N) is 6. The SMILES string of the molecule is CCN(CC)CCn1cc(-c2cnc3[nH]c4cnc(-c5cccnc5)cc4c3c2)cn1. The lowest BCUT2D eigenvalue weighted by Crippen LogP contribution is -2.27. The predicted molar refractivity (Wildman–Crippen MR) is 124 cm³/mol. The molecule has 7 heteroatoms. The molecule has 0 atom stereocenters. The van der Waals surface area contributed by atoms with Crippen LogP contribution in [0.3, 0.4) is 0 Å². The molecular weight excluding hydrogens is 386 g/mol. The van der Waals surface area contributed by atoms with Crippen molar-refractivity contribution in [2.24, 2.45) is 0 Å². The molecule has 0 bridgehead atoms. The van der Waals surface area contributed by atoms with Gasteiger partial charge in [0.15, 0.2) is 0 Å². The fourth-order valence-corrected chi connectivity index (χ4v) is 3.92. The zero-order valence-corrected chi connectivity index (χ0v) is 17.8. The van der Waals surface area contributed by atoms with Crippen LogP contribution in [0.25, 0.3) is 44.3 Å². The second kappa shape index (κ2) is 8.28. The van der Waals surface area contributed by atoms with Gasteiger partial charge in [0, 0.05) is 58.8 Å². The molecule has 156 valence electrons. The summed E-state index contributed by atoms with van der Waals surface area (Å²) in [6.45, 7) is 8.37. The van der Waals surface area contributed by atoms with Crippen molar-refractivity contribution < 1.29 is 0 Å². The van der Waals surface area contributed by atoms with Crippen LogP contribution in [0.5, 0.6) is 0 Å². The number of likely N-dealkylation sites (N-methyl/N-ethyl adjacent to an activating group) is 1. The van der Waals surface area contributed by atoms with Gasteiger partial charge >= 0.3 is 0 Å². The molecule has 0 saturated heterocycles. The van der Waals surface area contributed by atoms with Crippen LogP contribution in [0.15, 0.2) is 61.4 Å². The number of hydrogen-bond acceptors (Lipinski definition) is 5. The van der Waals surface area contributed by atoms with Crippen LogP contribution < -0.4 is 0 Å². The quantitative estimate of drug-likeness (QED) is 0.430. The van der Waals surface area contributed by atoms with Gasteiger partial charge in [-0.25, -0.2) is 4.98 Å². The van der Waals surface area contributed by atoms with Crippen molar-refractivity contribution >= 4 is 21.9 Å². The zero-order chi connectivity index (χ0) is 21.2. The minimum atomic E-state index is 0.859. The number of aromatic nitrogens is 6. The fraction of sp³-hybridized carbons (Fsp3) is 0.250. The van der Waals surface area contributed by atoms with E-state index in [2.05, 4.69) is 62.1 Å². The maximum atomic E-state index is 4.67. The summed E-state index contributed by atoms with van der Waals surface area (Å²) < 4.78 is 2.01. The number of H-pyrrole nitrogens is 1. The van der Waals surface area contributed by atoms with Crippen molar-refractivity contribution in [3.05, 3.63) is 61.4 Å². The number of aromatic amines is 1. The highest BCUT2D eigenvalue weighted by molar-refractivity contribution is 6.07. The Morgan fingerprint density at radius 1 is 0.935 bits per heavy atom. The van der Waals surface area contributed by atoms with Crippen molar-refractivity contribution in [3.8, 4) is 22.4 Å². The Morgan fingerprint density at radius 3 is 2.65 bits per heavy atom. The number of rotatable bonds is 7. The van der Waals surface area contributed by atoms with Crippen LogP contribution in [0, 0.1) is 0 Å². The molecule has 0 fully saturated rings. The summed E-state index contributed by atoms with van der Waals surface area (Å²) in [5, 5.41) is 6.74. The monoisotopic (exact) mass is 411 g/mol. The highest BCUT2D eigenvalue weighted by Crippen LogP contribution is 2.30. The van der Waals surface area contributed by atoms with Crippen molar-refractivity contribution in [2.45, 2.75) is 20.4 Å². The summed E-state index contributed by atoms with van der Waals surface area (Å²) in [6, 6.07) is 8.23. The molecular formula is C24H25N7. The molecule has 5 rings (SSSR count). The Bertz CT molecular complexity index is 1320. The van der Waals surface area contributed by atoms with Gasteiger partial charge in [-0.2, -0.15) is 5.10 Å². The van der Waals surface area contributed by atoms with Gasteiger partial charge < -0.3 is 9.88 Å². The smallest absolute Gasteiger partial charge is 0.138 e. The summed E-state index contributed by atoms with van der Waals surface area (Å²) >= 11 is 0. The third-order valence-electron chi connectivity index (χ3n) is 5.80. The molecule has 0 saturated carbocycles. The first-order valence-electron chi connectivity index (χ1n) is 10.7. The van der Waals surface area contributed by atoms with E-state index < -0.39 is 0 Å². The molecule has 5 aromatic rings. The van der Waals surface area contributed by atoms with Crippen LogP contribution >= 0.6 is 0 Å². The van der Waals surface area contributed by atoms with Gasteiger partial charge in [0.25, 0.3) is 0 Å². The first-order chi connectivity index (χ1) is 15.2. The lowest BCUT2D eigenvalue weighted by molar-refractivity contribution is 0.285. The van der Waals surface area contributed by atoms with Gasteiger partial charge in [-0.3, -0.25) is 14.6 Å². The Morgan fingerprint density at radius 2 is 1.84 bits per heavy atom. The number of nitrogens with one attached hydrogen (secondary N) is 1. The molecule has 0 spiro atoms. The van der Waals surface area contributed by atoms with Crippen molar-refractivity contribution in [3.63, 3.8) is 0 Å². The maximum absolute atomic E-state index is 4.67. The number of fused-ring (bicyclic) bond motifs is 3. The molecule has 0 aromatic carbocycles. The van der Waals surface area contributed by atoms with E-state index in [0.29, 0.717) is 0 Å². The normalized spacial score (nSPS) is 11.7. The second-order valence-corrected chi connectivity index (χ2v) is 7.62. The van der Waals surface area contributed by atoms with Crippen LogP contribution in [0.4, 0.5) is 0 Å². The molecule has 0 radical (unpaired) electrons. The van der Waals surface area contributed by atoms with E-state index in [9.17, 15) is 0 Å². The van der Waals surface area contributed by atoms with Crippen LogP contribution in [-0.4, -0.2) is 54.3 Å². The molecule has 7 nitrogen and oxygen atoms in total. The Hall–Kier alpha value is -3.58. The summed E-state index contributed by atoms with van der Waals surface area (Å²) in [5.74, 6) is 0. The third kappa shape index (κ3) is 3.80. The largest absolute Gasteiger partial charge is 0.338 e. The van der Waals surface area contributed by atoms with E-state index in [-0.39, 0.29) is 0 Å². The van der Waals surface area contributed by atoms with E-state index in [1.807, 2.05) is 41.6 Å². The molecule has 0 aliphatic carbocycles. The summed E-state index contributed by atoms with van der Waals surface area (Å²) in [7, 11) is 0. The number of hydrogen-bond donors (Lipinski definition) is 1. The maximum Gasteiger partial charge on any atom is 0.138 e. The fourth-order valence-electron chi connectivity index (χ4n) is 3.92. The van der Waals surface area contributed by atoms with Gasteiger partial charge in [-0.15, -0.1) is 0 Å². The molecule has 0 amide bonds. The average molecular weight is 412 g/mol. The molecule has 0 unspecified atom stereocenters. The molecule has 1 N–H and O–H groups in total. The van der Waals surface area contributed by atoms with E-state index >= 15 is 0 Å². The van der Waals surface area contributed by atoms with Gasteiger partial charge in [-0.1, -0.05) is 13.8 Å². The summed E-state index contributed by atoms with van der Waals surface area (Å²) in [4.78, 5) is 19.2. The number of pyridine rings is 3. The second-order valence-electron chi connectivity index (χ2n) is 7.62. The Balaban J connectivity index is 1.49. The average Bonchev–Trinajstić information content (AvgIpc) is 3.44. The topological polar surface area (TPSA) is 75.5 Å². The summed E-state index contributed by atoms with van der Waals surface area (Å²) in [6.07, 6.45) is 11.4. The van der Waals surface area contributed by atoms with Crippen LogP contribution in [0.2, 0.25) is 0 Å². The Labute approximate surface area is 180 Å². The van der Waals surface area contributed by atoms with Gasteiger partial charge in [0.2, 0.25) is 0 Å². The van der Waals surface area contributed by atoms with Crippen molar-refractivity contribution in [1.82, 2.24) is 34.6 Å². The molecule has 0 aliphatic rings. The molecule has 5 aromatic heterocycles. The molecule has 0 aliphatic heterocycles. The van der Waals surface area contributed by atoms with Crippen LogP contribution in [0.1, 0.15) is 13.8 Å². The van der Waals surface area contributed by atoms with Crippen molar-refractivity contribution in [1.29, 1.82) is 0 Å². The minimum Gasteiger partial charge on any atom is -0.338 e. The highest BCUT2D eigenvalue weighted by atomic mass is 15.3. The van der Waals surface area contributed by atoms with E-state index in [1.165, 1.54) is 0 Å². The highest BCUT2D eigenvalue weighted by Gasteiger charge is 2.11. The van der Waals surface area contributed by atoms with Gasteiger partial charge in [0.1, 0.15) is 5.65 Å². The Kier molecular flexibility index (Phi) is 5.18. The van der Waals surface area contributed by atoms with E-state index in [0.717, 1.165) is 70.5 Å². The standard InChI is InChI=1S/C24H25N7/c1-3-30(4-2)8-9-31-16-19(14-28-31)18-10-21-20-11-22(17-6-5-7-25-12-17)26-15-23(20)29-24(21)27-13-18/h5-7,10-16H,3-4,8-9H2,1-2H3,(H,27,29). The van der Waals surface area contributed by atoms with Crippen molar-refractivity contribution in [2.75, 3.05) is 19.6 Å². The predicted octanol–water partition coefficient (Wildman–Crippen LogP) is 4.38. The first-order valence-corrected chi connectivity index (χ1v) is 10.7. The molecule has 5 heterocycles.